The van der Waals surface area contributed by atoms with E-state index in [4.69, 9.17) is 13.3 Å². The maximum Gasteiger partial charge on any atom is 0.508 e. The Labute approximate surface area is 92.6 Å². The second kappa shape index (κ2) is 5.10. The summed E-state index contributed by atoms with van der Waals surface area (Å²) in [6, 6.07) is 0. The van der Waals surface area contributed by atoms with Gasteiger partial charge in [0.25, 0.3) is 0 Å². The van der Waals surface area contributed by atoms with Gasteiger partial charge in [-0.15, -0.1) is 0 Å². The first-order chi connectivity index (χ1) is 6.89. The van der Waals surface area contributed by atoms with Crippen molar-refractivity contribution in [2.45, 2.75) is 32.3 Å². The zero-order valence-electron chi connectivity index (χ0n) is 9.61. The molecule has 0 aromatic heterocycles. The molecule has 7 heteroatoms. The van der Waals surface area contributed by atoms with E-state index in [1.54, 1.807) is 0 Å². The molecule has 15 heavy (non-hydrogen) atoms. The number of hydrogen-bond acceptors (Lipinski definition) is 5. The molecule has 0 aliphatic carbocycles. The fourth-order valence-electron chi connectivity index (χ4n) is 1.34. The number of rotatable bonds is 5. The Morgan fingerprint density at radius 1 is 1.53 bits per heavy atom. The van der Waals surface area contributed by atoms with Crippen LogP contribution in [-0.4, -0.2) is 43.1 Å². The topological polar surface area (TPSA) is 54.0 Å². The van der Waals surface area contributed by atoms with Crippen molar-refractivity contribution in [3.63, 3.8) is 0 Å². The van der Waals surface area contributed by atoms with E-state index in [0.29, 0.717) is 6.61 Å². The van der Waals surface area contributed by atoms with Gasteiger partial charge in [0.05, 0.1) is 6.61 Å². The van der Waals surface area contributed by atoms with E-state index in [1.165, 1.54) is 0 Å². The summed E-state index contributed by atoms with van der Waals surface area (Å²) in [4.78, 5) is 10.6. The zero-order valence-corrected chi connectivity index (χ0v) is 11.8. The monoisotopic (exact) mass is 250 g/mol. The molecule has 0 radical (unpaired) electrons. The molecule has 1 fully saturated rings. The molecule has 1 aliphatic rings. The first-order valence-electron chi connectivity index (χ1n) is 5.04. The van der Waals surface area contributed by atoms with Crippen molar-refractivity contribution < 1.29 is 22.8 Å². The molecule has 0 spiro atoms. The van der Waals surface area contributed by atoms with Gasteiger partial charge >= 0.3 is 14.7 Å². The van der Waals surface area contributed by atoms with Gasteiger partial charge < -0.3 is 18.0 Å². The minimum absolute atomic E-state index is 0.276. The summed E-state index contributed by atoms with van der Waals surface area (Å²) in [6.45, 7) is 8.86. The molecule has 0 N–H and O–H groups in total. The highest BCUT2D eigenvalue weighted by molar-refractivity contribution is 6.72. The minimum Gasteiger partial charge on any atom is -0.439 e. The van der Waals surface area contributed by atoms with E-state index in [1.807, 2.05) is 13.1 Å². The number of hydrogen-bond donors (Lipinski definition) is 0. The molecule has 1 atom stereocenters. The Balaban J connectivity index is 2.26. The van der Waals surface area contributed by atoms with Crippen LogP contribution in [0, 0.1) is 0 Å². The van der Waals surface area contributed by atoms with Gasteiger partial charge in [-0.3, -0.25) is 0 Å². The second-order valence-electron chi connectivity index (χ2n) is 4.18. The van der Waals surface area contributed by atoms with Crippen molar-refractivity contribution in [1.29, 1.82) is 0 Å². The van der Waals surface area contributed by atoms with Crippen LogP contribution in [0.25, 0.3) is 0 Å². The third-order valence-electron chi connectivity index (χ3n) is 1.79. The van der Waals surface area contributed by atoms with Crippen molar-refractivity contribution in [1.82, 2.24) is 0 Å². The molecular weight excluding hydrogens is 232 g/mol. The molecule has 0 aromatic rings. The van der Waals surface area contributed by atoms with E-state index in [0.717, 1.165) is 0 Å². The van der Waals surface area contributed by atoms with Crippen LogP contribution in [0.2, 0.25) is 26.2 Å². The fraction of sp³-hybridized carbons (Fsp3) is 0.875. The first-order valence-corrected chi connectivity index (χ1v) is 10.6. The van der Waals surface area contributed by atoms with Crippen molar-refractivity contribution in [2.75, 3.05) is 13.2 Å². The summed E-state index contributed by atoms with van der Waals surface area (Å²) < 4.78 is 21.0. The average Bonchev–Trinajstić information content (AvgIpc) is 2.46. The number of cyclic esters (lactones) is 2. The lowest BCUT2D eigenvalue weighted by molar-refractivity contribution is 0.0899. The first kappa shape index (κ1) is 12.7. The highest BCUT2D eigenvalue weighted by Gasteiger charge is 2.31. The van der Waals surface area contributed by atoms with Gasteiger partial charge in [-0.1, -0.05) is 0 Å². The maximum atomic E-state index is 10.6. The summed E-state index contributed by atoms with van der Waals surface area (Å²) in [5, 5.41) is 0. The third kappa shape index (κ3) is 4.78. The molecular formula is C8H18O5Si2. The molecule has 0 saturated carbocycles. The van der Waals surface area contributed by atoms with Crippen LogP contribution in [0.5, 0.6) is 0 Å². The van der Waals surface area contributed by atoms with Gasteiger partial charge in [-0.05, 0) is 26.2 Å². The Morgan fingerprint density at radius 2 is 2.20 bits per heavy atom. The van der Waals surface area contributed by atoms with Gasteiger partial charge in [-0.2, -0.15) is 0 Å². The van der Waals surface area contributed by atoms with Crippen LogP contribution in [0.4, 0.5) is 4.79 Å². The van der Waals surface area contributed by atoms with Crippen molar-refractivity contribution in [3.8, 4) is 0 Å². The fourth-order valence-corrected chi connectivity index (χ4v) is 6.74. The van der Waals surface area contributed by atoms with Gasteiger partial charge in [0.15, 0.2) is 15.1 Å². The van der Waals surface area contributed by atoms with Crippen LogP contribution in [0.3, 0.4) is 0 Å². The Hall–Kier alpha value is -0.376. The summed E-state index contributed by atoms with van der Waals surface area (Å²) in [5.74, 6) is 0. The molecule has 0 bridgehead atoms. The van der Waals surface area contributed by atoms with E-state index < -0.39 is 23.8 Å². The lowest BCUT2D eigenvalue weighted by Crippen LogP contribution is -2.41. The van der Waals surface area contributed by atoms with E-state index in [-0.39, 0.29) is 12.7 Å². The summed E-state index contributed by atoms with van der Waals surface area (Å²) in [7, 11) is -3.12. The predicted molar refractivity (Wildman–Crippen MR) is 59.6 cm³/mol. The van der Waals surface area contributed by atoms with E-state index in [9.17, 15) is 4.79 Å². The lowest BCUT2D eigenvalue weighted by Gasteiger charge is -2.26. The predicted octanol–water partition coefficient (Wildman–Crippen LogP) is 1.24. The van der Waals surface area contributed by atoms with Crippen molar-refractivity contribution >= 4 is 23.8 Å². The van der Waals surface area contributed by atoms with Gasteiger partial charge in [0, 0.05) is 0 Å². The molecule has 0 aromatic carbocycles. The summed E-state index contributed by atoms with van der Waals surface area (Å²) >= 11 is 0. The second-order valence-corrected chi connectivity index (χ2v) is 10.3. The van der Waals surface area contributed by atoms with Gasteiger partial charge in [-0.25, -0.2) is 4.79 Å². The van der Waals surface area contributed by atoms with Crippen LogP contribution in [-0.2, 0) is 18.0 Å². The molecule has 1 heterocycles. The Morgan fingerprint density at radius 3 is 2.67 bits per heavy atom. The smallest absolute Gasteiger partial charge is 0.439 e. The summed E-state index contributed by atoms with van der Waals surface area (Å²) in [5.41, 5.74) is 0. The largest absolute Gasteiger partial charge is 0.508 e. The van der Waals surface area contributed by atoms with Crippen LogP contribution < -0.4 is 0 Å². The molecule has 5 nitrogen and oxygen atoms in total. The molecule has 1 saturated heterocycles. The standard InChI is InChI=1S/C8H18O5Si2/c1-14(2)13-15(3,4)11-6-7-5-10-8(9)12-7/h7,14H,5-6H2,1-4H3. The quantitative estimate of drug-likeness (QED) is 0.543. The number of carbonyl (C=O) groups excluding carboxylic acids is 1. The summed E-state index contributed by atoms with van der Waals surface area (Å²) in [6.07, 6.45) is -0.885. The van der Waals surface area contributed by atoms with Crippen molar-refractivity contribution in [2.24, 2.45) is 0 Å². The molecule has 1 unspecified atom stereocenters. The normalized spacial score (nSPS) is 21.7. The van der Waals surface area contributed by atoms with Crippen LogP contribution >= 0.6 is 0 Å². The van der Waals surface area contributed by atoms with Crippen LogP contribution in [0.1, 0.15) is 0 Å². The average molecular weight is 250 g/mol. The molecule has 0 amide bonds. The third-order valence-corrected chi connectivity index (χ3v) is 6.80. The minimum atomic E-state index is -2.04. The highest BCUT2D eigenvalue weighted by atomic mass is 28.4. The van der Waals surface area contributed by atoms with E-state index in [2.05, 4.69) is 17.8 Å². The molecule has 1 aliphatic heterocycles. The SMILES string of the molecule is C[SiH](C)O[Si](C)(C)OCC1COC(=O)O1. The van der Waals surface area contributed by atoms with Crippen molar-refractivity contribution in [3.05, 3.63) is 0 Å². The number of ether oxygens (including phenoxy) is 2. The van der Waals surface area contributed by atoms with Gasteiger partial charge in [0.1, 0.15) is 6.61 Å². The Kier molecular flexibility index (Phi) is 4.32. The Bertz CT molecular complexity index is 231. The van der Waals surface area contributed by atoms with Crippen LogP contribution in [0.15, 0.2) is 0 Å². The maximum absolute atomic E-state index is 10.6. The number of carbonyl (C=O) groups is 1. The zero-order chi connectivity index (χ0) is 11.5. The highest BCUT2D eigenvalue weighted by Crippen LogP contribution is 2.12. The lowest BCUT2D eigenvalue weighted by atomic mass is 10.4. The van der Waals surface area contributed by atoms with E-state index >= 15 is 0 Å². The molecule has 88 valence electrons. The molecule has 1 rings (SSSR count). The van der Waals surface area contributed by atoms with Gasteiger partial charge in [0.2, 0.25) is 0 Å².